The molecule has 0 bridgehead atoms. The summed E-state index contributed by atoms with van der Waals surface area (Å²) < 4.78 is 0. The van der Waals surface area contributed by atoms with E-state index in [-0.39, 0.29) is 0 Å². The third kappa shape index (κ3) is 2.03. The zero-order chi connectivity index (χ0) is 11.7. The average Bonchev–Trinajstić information content (AvgIpc) is 2.76. The zero-order valence-electron chi connectivity index (χ0n) is 10.1. The molecule has 0 nitrogen and oxygen atoms in total. The largest absolute Gasteiger partial charge is 0.0620 e. The van der Waals surface area contributed by atoms with Gasteiger partial charge in [-0.25, -0.2) is 0 Å². The lowest BCUT2D eigenvalue weighted by Gasteiger charge is -2.01. The van der Waals surface area contributed by atoms with Crippen LogP contribution in [0.25, 0.3) is 11.6 Å². The van der Waals surface area contributed by atoms with Crippen molar-refractivity contribution in [2.45, 2.75) is 19.8 Å². The van der Waals surface area contributed by atoms with E-state index in [2.05, 4.69) is 61.5 Å². The number of hydrogen-bond donors (Lipinski definition) is 0. The number of benzene rings is 2. The minimum absolute atomic E-state index is 1.17. The number of allylic oxidation sites excluding steroid dienone is 1. The summed E-state index contributed by atoms with van der Waals surface area (Å²) >= 11 is 0. The molecule has 17 heavy (non-hydrogen) atoms. The highest BCUT2D eigenvalue weighted by Crippen LogP contribution is 2.33. The van der Waals surface area contributed by atoms with Crippen LogP contribution in [0.2, 0.25) is 0 Å². The highest BCUT2D eigenvalue weighted by Gasteiger charge is 2.14. The highest BCUT2D eigenvalue weighted by atomic mass is 14.2. The molecule has 1 aliphatic rings. The molecule has 0 heterocycles. The van der Waals surface area contributed by atoms with E-state index in [1.165, 1.54) is 40.7 Å². The maximum atomic E-state index is 2.32. The molecule has 3 rings (SSSR count). The molecule has 84 valence electrons. The monoisotopic (exact) mass is 220 g/mol. The zero-order valence-corrected chi connectivity index (χ0v) is 10.1. The van der Waals surface area contributed by atoms with Gasteiger partial charge < -0.3 is 0 Å². The van der Waals surface area contributed by atoms with Gasteiger partial charge in [-0.1, -0.05) is 60.2 Å². The van der Waals surface area contributed by atoms with Crippen molar-refractivity contribution in [2.24, 2.45) is 0 Å². The van der Waals surface area contributed by atoms with Crippen LogP contribution in [0, 0.1) is 6.92 Å². The maximum Gasteiger partial charge on any atom is -0.0192 e. The quantitative estimate of drug-likeness (QED) is 0.664. The van der Waals surface area contributed by atoms with Crippen molar-refractivity contribution < 1.29 is 0 Å². The first-order valence-corrected chi connectivity index (χ1v) is 6.18. The fraction of sp³-hybridized carbons (Fsp3) is 0.176. The molecular formula is C17H16. The topological polar surface area (TPSA) is 0 Å². The van der Waals surface area contributed by atoms with E-state index in [1.807, 2.05) is 0 Å². The SMILES string of the molecule is Cc1ccc(C=C2CCc3ccccc32)cc1. The lowest BCUT2D eigenvalue weighted by Crippen LogP contribution is -1.80. The van der Waals surface area contributed by atoms with Crippen LogP contribution >= 0.6 is 0 Å². The van der Waals surface area contributed by atoms with Gasteiger partial charge in [0.1, 0.15) is 0 Å². The predicted molar refractivity (Wildman–Crippen MR) is 73.8 cm³/mol. The minimum atomic E-state index is 1.17. The Labute approximate surface area is 103 Å². The summed E-state index contributed by atoms with van der Waals surface area (Å²) in [5, 5.41) is 0. The first-order valence-electron chi connectivity index (χ1n) is 6.18. The van der Waals surface area contributed by atoms with Gasteiger partial charge in [0.2, 0.25) is 0 Å². The van der Waals surface area contributed by atoms with Crippen molar-refractivity contribution in [1.82, 2.24) is 0 Å². The summed E-state index contributed by atoms with van der Waals surface area (Å²) in [6, 6.07) is 17.5. The fourth-order valence-corrected chi connectivity index (χ4v) is 2.47. The number of hydrogen-bond acceptors (Lipinski definition) is 0. The second-order valence-electron chi connectivity index (χ2n) is 4.74. The van der Waals surface area contributed by atoms with E-state index in [0.717, 1.165) is 0 Å². The van der Waals surface area contributed by atoms with Crippen LogP contribution in [0.3, 0.4) is 0 Å². The molecule has 0 saturated heterocycles. The van der Waals surface area contributed by atoms with Crippen LogP contribution < -0.4 is 0 Å². The third-order valence-electron chi connectivity index (χ3n) is 3.45. The Morgan fingerprint density at radius 2 is 1.65 bits per heavy atom. The number of aryl methyl sites for hydroxylation is 2. The summed E-state index contributed by atoms with van der Waals surface area (Å²) in [4.78, 5) is 0. The summed E-state index contributed by atoms with van der Waals surface area (Å²) in [6.07, 6.45) is 4.69. The highest BCUT2D eigenvalue weighted by molar-refractivity contribution is 5.85. The van der Waals surface area contributed by atoms with Crippen molar-refractivity contribution in [3.63, 3.8) is 0 Å². The van der Waals surface area contributed by atoms with Crippen LogP contribution in [0.4, 0.5) is 0 Å². The van der Waals surface area contributed by atoms with E-state index in [4.69, 9.17) is 0 Å². The van der Waals surface area contributed by atoms with Crippen molar-refractivity contribution >= 4 is 11.6 Å². The van der Waals surface area contributed by atoms with Crippen molar-refractivity contribution in [2.75, 3.05) is 0 Å². The standard InChI is InChI=1S/C17H16/c1-13-6-8-14(9-7-13)12-16-11-10-15-4-2-3-5-17(15)16/h2-9,12H,10-11H2,1H3. The Morgan fingerprint density at radius 1 is 0.882 bits per heavy atom. The van der Waals surface area contributed by atoms with E-state index in [0.29, 0.717) is 0 Å². The van der Waals surface area contributed by atoms with Crippen molar-refractivity contribution in [1.29, 1.82) is 0 Å². The number of fused-ring (bicyclic) bond motifs is 1. The first kappa shape index (κ1) is 10.3. The molecule has 0 aliphatic heterocycles. The summed E-state index contributed by atoms with van der Waals surface area (Å²) in [5.74, 6) is 0. The molecule has 0 N–H and O–H groups in total. The van der Waals surface area contributed by atoms with E-state index >= 15 is 0 Å². The lowest BCUT2D eigenvalue weighted by atomic mass is 10.0. The van der Waals surface area contributed by atoms with Gasteiger partial charge >= 0.3 is 0 Å². The summed E-state index contributed by atoms with van der Waals surface area (Å²) in [5.41, 5.74) is 7.03. The Hall–Kier alpha value is -1.82. The number of rotatable bonds is 1. The van der Waals surface area contributed by atoms with Crippen molar-refractivity contribution in [3.8, 4) is 0 Å². The molecule has 0 spiro atoms. The molecule has 0 aromatic heterocycles. The van der Waals surface area contributed by atoms with Gasteiger partial charge in [-0.05, 0) is 42.0 Å². The minimum Gasteiger partial charge on any atom is -0.0620 e. The van der Waals surface area contributed by atoms with Crippen LogP contribution in [-0.4, -0.2) is 0 Å². The lowest BCUT2D eigenvalue weighted by molar-refractivity contribution is 1.08. The van der Waals surface area contributed by atoms with E-state index < -0.39 is 0 Å². The van der Waals surface area contributed by atoms with Gasteiger partial charge in [-0.3, -0.25) is 0 Å². The van der Waals surface area contributed by atoms with Gasteiger partial charge in [-0.15, -0.1) is 0 Å². The second kappa shape index (κ2) is 4.21. The van der Waals surface area contributed by atoms with Gasteiger partial charge in [0.05, 0.1) is 0 Å². The van der Waals surface area contributed by atoms with E-state index in [9.17, 15) is 0 Å². The molecule has 0 atom stereocenters. The molecule has 2 aromatic rings. The Morgan fingerprint density at radius 3 is 2.47 bits per heavy atom. The normalized spacial score (nSPS) is 16.2. The Balaban J connectivity index is 1.99. The van der Waals surface area contributed by atoms with E-state index in [1.54, 1.807) is 0 Å². The van der Waals surface area contributed by atoms with Crippen LogP contribution in [0.5, 0.6) is 0 Å². The Kier molecular flexibility index (Phi) is 2.56. The first-order chi connectivity index (χ1) is 8.33. The molecular weight excluding hydrogens is 204 g/mol. The van der Waals surface area contributed by atoms with Crippen LogP contribution in [-0.2, 0) is 6.42 Å². The molecule has 0 radical (unpaired) electrons. The van der Waals surface area contributed by atoms with Gasteiger partial charge in [0.25, 0.3) is 0 Å². The van der Waals surface area contributed by atoms with Gasteiger partial charge in [0.15, 0.2) is 0 Å². The van der Waals surface area contributed by atoms with Crippen LogP contribution in [0.15, 0.2) is 48.5 Å². The molecule has 0 fully saturated rings. The molecule has 0 heteroatoms. The fourth-order valence-electron chi connectivity index (χ4n) is 2.47. The second-order valence-corrected chi connectivity index (χ2v) is 4.74. The molecule has 0 amide bonds. The molecule has 0 unspecified atom stereocenters. The summed E-state index contributed by atoms with van der Waals surface area (Å²) in [6.45, 7) is 2.13. The van der Waals surface area contributed by atoms with Crippen molar-refractivity contribution in [3.05, 3.63) is 70.8 Å². The Bertz CT molecular complexity index is 559. The van der Waals surface area contributed by atoms with Gasteiger partial charge in [0, 0.05) is 0 Å². The average molecular weight is 220 g/mol. The van der Waals surface area contributed by atoms with Crippen LogP contribution in [0.1, 0.15) is 28.7 Å². The summed E-state index contributed by atoms with van der Waals surface area (Å²) in [7, 11) is 0. The molecule has 2 aromatic carbocycles. The smallest absolute Gasteiger partial charge is 0.0192 e. The maximum absolute atomic E-state index is 2.32. The molecule has 1 aliphatic carbocycles. The molecule has 0 saturated carbocycles. The predicted octanol–water partition coefficient (Wildman–Crippen LogP) is 4.48. The van der Waals surface area contributed by atoms with Gasteiger partial charge in [-0.2, -0.15) is 0 Å². The third-order valence-corrected chi connectivity index (χ3v) is 3.45.